The Bertz CT molecular complexity index is 1350. The van der Waals surface area contributed by atoms with Crippen LogP contribution in [0.5, 0.6) is 11.9 Å². The summed E-state index contributed by atoms with van der Waals surface area (Å²) >= 11 is 6.25. The van der Waals surface area contributed by atoms with Crippen LogP contribution in [0.15, 0.2) is 42.9 Å². The Hall–Kier alpha value is -3.70. The van der Waals surface area contributed by atoms with E-state index in [0.29, 0.717) is 33.6 Å². The molecule has 1 fully saturated rings. The Morgan fingerprint density at radius 1 is 1.16 bits per heavy atom. The lowest BCUT2D eigenvalue weighted by Crippen LogP contribution is -2.02. The number of ether oxygens (including phenoxy) is 2. The first kappa shape index (κ1) is 19.3. The highest BCUT2D eigenvalue weighted by atomic mass is 35.5. The first-order valence-electron chi connectivity index (χ1n) is 9.62. The summed E-state index contributed by atoms with van der Waals surface area (Å²) in [6, 6.07) is 9.98. The quantitative estimate of drug-likeness (QED) is 0.470. The van der Waals surface area contributed by atoms with Gasteiger partial charge in [-0.2, -0.15) is 15.3 Å². The maximum atomic E-state index is 9.12. The minimum atomic E-state index is 0.226. The van der Waals surface area contributed by atoms with Crippen molar-refractivity contribution in [1.29, 1.82) is 5.26 Å². The molecule has 1 aliphatic rings. The summed E-state index contributed by atoms with van der Waals surface area (Å²) in [4.78, 5) is 13.0. The van der Waals surface area contributed by atoms with E-state index in [4.69, 9.17) is 26.3 Å². The smallest absolute Gasteiger partial charge is 0.319 e. The molecule has 31 heavy (non-hydrogen) atoms. The number of nitriles is 1. The molecule has 0 spiro atoms. The molecule has 9 heteroatoms. The average molecular weight is 433 g/mol. The van der Waals surface area contributed by atoms with Gasteiger partial charge in [0.1, 0.15) is 6.07 Å². The number of nitrogens with zero attached hydrogens (tertiary/aromatic N) is 6. The number of fused-ring (bicyclic) bond motifs is 1. The highest BCUT2D eigenvalue weighted by molar-refractivity contribution is 6.31. The molecule has 5 rings (SSSR count). The molecule has 2 atom stereocenters. The van der Waals surface area contributed by atoms with Crippen molar-refractivity contribution in [3.05, 3.63) is 64.6 Å². The number of hydrogen-bond acceptors (Lipinski definition) is 7. The zero-order valence-electron chi connectivity index (χ0n) is 16.8. The third-order valence-corrected chi connectivity index (χ3v) is 5.82. The molecule has 0 amide bonds. The van der Waals surface area contributed by atoms with Gasteiger partial charge in [-0.05, 0) is 42.0 Å². The lowest BCUT2D eigenvalue weighted by atomic mass is 10.0. The Balaban J connectivity index is 1.56. The molecular weight excluding hydrogens is 416 g/mol. The zero-order chi connectivity index (χ0) is 21.5. The fourth-order valence-corrected chi connectivity index (χ4v) is 4.12. The Kier molecular flexibility index (Phi) is 4.68. The van der Waals surface area contributed by atoms with E-state index in [9.17, 15) is 0 Å². The van der Waals surface area contributed by atoms with Crippen LogP contribution in [-0.2, 0) is 0 Å². The number of hydrogen-bond donors (Lipinski definition) is 0. The Morgan fingerprint density at radius 2 is 2.03 bits per heavy atom. The molecule has 1 saturated carbocycles. The molecule has 1 aromatic carbocycles. The lowest BCUT2D eigenvalue weighted by Gasteiger charge is -2.11. The lowest BCUT2D eigenvalue weighted by molar-refractivity contribution is 0.353. The molecule has 1 aliphatic carbocycles. The van der Waals surface area contributed by atoms with E-state index in [1.807, 2.05) is 24.4 Å². The van der Waals surface area contributed by atoms with Crippen molar-refractivity contribution in [2.45, 2.75) is 18.3 Å². The fraction of sp³-hybridized carbons (Fsp3) is 0.227. The Labute approximate surface area is 183 Å². The predicted octanol–water partition coefficient (Wildman–Crippen LogP) is 4.00. The van der Waals surface area contributed by atoms with Gasteiger partial charge in [0.05, 0.1) is 36.1 Å². The number of rotatable bonds is 5. The van der Waals surface area contributed by atoms with Crippen molar-refractivity contribution in [3.8, 4) is 29.2 Å². The zero-order valence-corrected chi connectivity index (χ0v) is 17.5. The van der Waals surface area contributed by atoms with Gasteiger partial charge in [-0.3, -0.25) is 0 Å². The minimum absolute atomic E-state index is 0.226. The monoisotopic (exact) mass is 432 g/mol. The third-order valence-electron chi connectivity index (χ3n) is 5.50. The van der Waals surface area contributed by atoms with Crippen LogP contribution in [0.25, 0.3) is 16.9 Å². The van der Waals surface area contributed by atoms with E-state index in [1.54, 1.807) is 30.1 Å². The van der Waals surface area contributed by atoms with Gasteiger partial charge >= 0.3 is 6.01 Å². The van der Waals surface area contributed by atoms with Gasteiger partial charge in [-0.15, -0.1) is 0 Å². The second-order valence-electron chi connectivity index (χ2n) is 7.26. The van der Waals surface area contributed by atoms with E-state index in [-0.39, 0.29) is 11.9 Å². The Morgan fingerprint density at radius 3 is 2.77 bits per heavy atom. The summed E-state index contributed by atoms with van der Waals surface area (Å²) in [7, 11) is 3.05. The number of halogens is 1. The number of methoxy groups -OCH3 is 2. The van der Waals surface area contributed by atoms with Crippen LogP contribution < -0.4 is 9.47 Å². The van der Waals surface area contributed by atoms with Crippen LogP contribution in [0.2, 0.25) is 5.02 Å². The predicted molar refractivity (Wildman–Crippen MR) is 113 cm³/mol. The highest BCUT2D eigenvalue weighted by Crippen LogP contribution is 2.56. The van der Waals surface area contributed by atoms with Crippen molar-refractivity contribution in [1.82, 2.24) is 24.6 Å². The molecular formula is C22H17ClN6O2. The standard InChI is InChI=1S/C22H17ClN6O2/c1-30-21-17(11-26-22(27-21)31-2)19-9-16(20-25-5-6-29(20)28-19)15-8-14(15)12-3-4-13(10-24)18(23)7-12/h3-7,9,11,14-15H,8H2,1-2H3/t14-,15?/m1/s1. The van der Waals surface area contributed by atoms with Crippen molar-refractivity contribution >= 4 is 17.2 Å². The molecule has 8 nitrogen and oxygen atoms in total. The van der Waals surface area contributed by atoms with Gasteiger partial charge < -0.3 is 9.47 Å². The normalized spacial score (nSPS) is 17.4. The summed E-state index contributed by atoms with van der Waals surface area (Å²) in [6.07, 6.45) is 6.15. The summed E-state index contributed by atoms with van der Waals surface area (Å²) in [5, 5.41) is 14.3. The molecule has 4 aromatic rings. The van der Waals surface area contributed by atoms with E-state index >= 15 is 0 Å². The van der Waals surface area contributed by atoms with Gasteiger partial charge in [0.15, 0.2) is 5.65 Å². The van der Waals surface area contributed by atoms with Gasteiger partial charge in [-0.25, -0.2) is 14.5 Å². The SMILES string of the molecule is COc1ncc(-c2cc(C3C[C@@H]3c3ccc(C#N)c(Cl)c3)c3nccn3n2)c(OC)n1. The van der Waals surface area contributed by atoms with Crippen LogP contribution in [0, 0.1) is 11.3 Å². The van der Waals surface area contributed by atoms with E-state index < -0.39 is 0 Å². The fourth-order valence-electron chi connectivity index (χ4n) is 3.89. The summed E-state index contributed by atoms with van der Waals surface area (Å²) in [6.45, 7) is 0. The second-order valence-corrected chi connectivity index (χ2v) is 7.67. The van der Waals surface area contributed by atoms with Crippen LogP contribution in [0.3, 0.4) is 0 Å². The molecule has 1 unspecified atom stereocenters. The molecule has 0 aliphatic heterocycles. The van der Waals surface area contributed by atoms with Crippen molar-refractivity contribution in [2.24, 2.45) is 0 Å². The van der Waals surface area contributed by atoms with Gasteiger partial charge in [0.2, 0.25) is 5.88 Å². The molecule has 154 valence electrons. The molecule has 0 saturated heterocycles. The van der Waals surface area contributed by atoms with Crippen LogP contribution in [0.4, 0.5) is 0 Å². The summed E-state index contributed by atoms with van der Waals surface area (Å²) in [5.41, 5.74) is 4.84. The minimum Gasteiger partial charge on any atom is -0.480 e. The van der Waals surface area contributed by atoms with E-state index in [2.05, 4.69) is 26.1 Å². The van der Waals surface area contributed by atoms with Crippen molar-refractivity contribution < 1.29 is 9.47 Å². The molecule has 0 radical (unpaired) electrons. The van der Waals surface area contributed by atoms with Crippen LogP contribution in [0.1, 0.15) is 34.9 Å². The molecule has 3 aromatic heterocycles. The maximum absolute atomic E-state index is 9.12. The number of aromatic nitrogens is 5. The van der Waals surface area contributed by atoms with Gasteiger partial charge in [0, 0.05) is 24.2 Å². The van der Waals surface area contributed by atoms with Gasteiger partial charge in [-0.1, -0.05) is 17.7 Å². The van der Waals surface area contributed by atoms with Crippen LogP contribution >= 0.6 is 11.6 Å². The van der Waals surface area contributed by atoms with Crippen molar-refractivity contribution in [2.75, 3.05) is 14.2 Å². The number of benzene rings is 1. The van der Waals surface area contributed by atoms with E-state index in [1.165, 1.54) is 7.11 Å². The summed E-state index contributed by atoms with van der Waals surface area (Å²) in [5.74, 6) is 0.951. The third kappa shape index (κ3) is 3.33. The first-order chi connectivity index (χ1) is 15.1. The van der Waals surface area contributed by atoms with Crippen LogP contribution in [-0.4, -0.2) is 38.8 Å². The van der Waals surface area contributed by atoms with E-state index in [0.717, 1.165) is 23.2 Å². The van der Waals surface area contributed by atoms with Gasteiger partial charge in [0.25, 0.3) is 0 Å². The highest BCUT2D eigenvalue weighted by Gasteiger charge is 2.41. The molecule has 0 N–H and O–H groups in total. The molecule has 0 bridgehead atoms. The number of imidazole rings is 1. The largest absolute Gasteiger partial charge is 0.480 e. The topological polar surface area (TPSA) is 98.2 Å². The summed E-state index contributed by atoms with van der Waals surface area (Å²) < 4.78 is 12.3. The average Bonchev–Trinajstić information content (AvgIpc) is 3.46. The second kappa shape index (κ2) is 7.52. The first-order valence-corrected chi connectivity index (χ1v) is 10.00. The van der Waals surface area contributed by atoms with Crippen molar-refractivity contribution in [3.63, 3.8) is 0 Å². The molecule has 3 heterocycles. The maximum Gasteiger partial charge on any atom is 0.319 e.